The molecule has 0 aromatic heterocycles. The number of hydrogen-bond acceptors (Lipinski definition) is 8. The lowest BCUT2D eigenvalue weighted by Crippen LogP contribution is -2.05. The van der Waals surface area contributed by atoms with Crippen molar-refractivity contribution in [2.45, 2.75) is 33.3 Å². The molecule has 39 heavy (non-hydrogen) atoms. The fourth-order valence-corrected chi connectivity index (χ4v) is 3.35. The van der Waals surface area contributed by atoms with E-state index in [4.69, 9.17) is 23.7 Å². The summed E-state index contributed by atoms with van der Waals surface area (Å²) in [6.45, 7) is 4.78. The number of rotatable bonds is 12. The van der Waals surface area contributed by atoms with Crippen LogP contribution in [0, 0.1) is 0 Å². The van der Waals surface area contributed by atoms with Gasteiger partial charge >= 0.3 is 11.9 Å². The Kier molecular flexibility index (Phi) is 13.5. The number of carbonyl (C=O) groups is 2. The van der Waals surface area contributed by atoms with Crippen molar-refractivity contribution >= 4 is 18.0 Å². The summed E-state index contributed by atoms with van der Waals surface area (Å²) in [5, 5.41) is 9.38. The summed E-state index contributed by atoms with van der Waals surface area (Å²) in [5.41, 5.74) is 2.85. The number of benzene rings is 3. The van der Waals surface area contributed by atoms with E-state index in [1.54, 1.807) is 45.2 Å². The normalized spacial score (nSPS) is 10.3. The van der Waals surface area contributed by atoms with Crippen LogP contribution in [0.3, 0.4) is 0 Å². The fraction of sp³-hybridized carbons (Fsp3) is 0.290. The summed E-state index contributed by atoms with van der Waals surface area (Å²) < 4.78 is 25.8. The van der Waals surface area contributed by atoms with Crippen LogP contribution in [-0.2, 0) is 32.1 Å². The average Bonchev–Trinajstić information content (AvgIpc) is 2.96. The van der Waals surface area contributed by atoms with Crippen LogP contribution < -0.4 is 14.2 Å². The molecule has 0 aliphatic rings. The quantitative estimate of drug-likeness (QED) is 0.231. The first-order chi connectivity index (χ1) is 18.9. The molecular formula is C31H36O8. The molecule has 0 spiro atoms. The lowest BCUT2D eigenvalue weighted by atomic mass is 10.1. The summed E-state index contributed by atoms with van der Waals surface area (Å²) in [5.74, 6) is 1.21. The standard InChI is InChI=1S/C19H20O4.C12H16O4/c1-3-22-19(20)12-10-15-9-11-17(18(13-15)21-2)23-14-16-7-5-4-6-8-16;1-3-16-12(14)7-5-9-4-6-10(13)11(8-9)15-2/h4-13H,3,14H2,1-2H3;4,6,8,13H,3,5,7H2,1-2H3. The van der Waals surface area contributed by atoms with E-state index >= 15 is 0 Å². The van der Waals surface area contributed by atoms with Gasteiger partial charge in [0.2, 0.25) is 0 Å². The first kappa shape index (κ1) is 30.8. The number of methoxy groups -OCH3 is 2. The number of aromatic hydroxyl groups is 1. The molecule has 0 amide bonds. The maximum absolute atomic E-state index is 11.3. The third kappa shape index (κ3) is 11.2. The SMILES string of the molecule is CCOC(=O)C=Cc1ccc(OCc2ccccc2)c(OC)c1.CCOC(=O)CCc1ccc(O)c(OC)c1. The number of hydrogen-bond donors (Lipinski definition) is 1. The van der Waals surface area contributed by atoms with Gasteiger partial charge in [-0.05, 0) is 67.3 Å². The minimum Gasteiger partial charge on any atom is -0.504 e. The van der Waals surface area contributed by atoms with E-state index in [2.05, 4.69) is 0 Å². The van der Waals surface area contributed by atoms with Gasteiger partial charge in [-0.1, -0.05) is 42.5 Å². The molecule has 0 atom stereocenters. The lowest BCUT2D eigenvalue weighted by Gasteiger charge is -2.11. The highest BCUT2D eigenvalue weighted by Gasteiger charge is 2.07. The highest BCUT2D eigenvalue weighted by molar-refractivity contribution is 5.87. The van der Waals surface area contributed by atoms with Crippen molar-refractivity contribution in [3.8, 4) is 23.0 Å². The van der Waals surface area contributed by atoms with Gasteiger partial charge in [0.1, 0.15) is 6.61 Å². The van der Waals surface area contributed by atoms with Crippen LogP contribution in [0.1, 0.15) is 37.0 Å². The Bertz CT molecular complexity index is 1200. The van der Waals surface area contributed by atoms with Crippen molar-refractivity contribution in [2.24, 2.45) is 0 Å². The number of esters is 2. The summed E-state index contributed by atoms with van der Waals surface area (Å²) in [6.07, 6.45) is 3.99. The first-order valence-corrected chi connectivity index (χ1v) is 12.6. The van der Waals surface area contributed by atoms with E-state index < -0.39 is 0 Å². The molecular weight excluding hydrogens is 500 g/mol. The van der Waals surface area contributed by atoms with E-state index in [9.17, 15) is 14.7 Å². The molecule has 0 unspecified atom stereocenters. The Hall–Kier alpha value is -4.46. The van der Waals surface area contributed by atoms with Gasteiger partial charge in [0.25, 0.3) is 0 Å². The molecule has 8 heteroatoms. The van der Waals surface area contributed by atoms with Crippen LogP contribution >= 0.6 is 0 Å². The Balaban J connectivity index is 0.000000293. The minimum absolute atomic E-state index is 0.0994. The highest BCUT2D eigenvalue weighted by Crippen LogP contribution is 2.29. The van der Waals surface area contributed by atoms with Crippen molar-refractivity contribution in [2.75, 3.05) is 27.4 Å². The predicted octanol–water partition coefficient (Wildman–Crippen LogP) is 5.75. The zero-order valence-corrected chi connectivity index (χ0v) is 22.8. The molecule has 0 radical (unpaired) electrons. The summed E-state index contributed by atoms with van der Waals surface area (Å²) in [6, 6.07) is 20.4. The third-order valence-electron chi connectivity index (χ3n) is 5.29. The fourth-order valence-electron chi connectivity index (χ4n) is 3.35. The van der Waals surface area contributed by atoms with Crippen molar-refractivity contribution in [3.05, 3.63) is 89.5 Å². The second-order valence-corrected chi connectivity index (χ2v) is 8.08. The second-order valence-electron chi connectivity index (χ2n) is 8.08. The van der Waals surface area contributed by atoms with E-state index in [0.29, 0.717) is 49.9 Å². The molecule has 0 aliphatic carbocycles. The molecule has 0 heterocycles. The minimum atomic E-state index is -0.365. The number of phenols is 1. The molecule has 0 aliphatic heterocycles. The number of ether oxygens (including phenoxy) is 5. The molecule has 0 saturated heterocycles. The van der Waals surface area contributed by atoms with Crippen LogP contribution in [0.25, 0.3) is 6.08 Å². The van der Waals surface area contributed by atoms with E-state index in [-0.39, 0.29) is 17.7 Å². The molecule has 3 aromatic carbocycles. The van der Waals surface area contributed by atoms with Gasteiger partial charge in [0, 0.05) is 12.5 Å². The Morgan fingerprint density at radius 3 is 2.18 bits per heavy atom. The molecule has 3 aromatic rings. The smallest absolute Gasteiger partial charge is 0.330 e. The topological polar surface area (TPSA) is 101 Å². The van der Waals surface area contributed by atoms with E-state index in [1.807, 2.05) is 48.5 Å². The molecule has 0 bridgehead atoms. The molecule has 3 rings (SSSR count). The predicted molar refractivity (Wildman–Crippen MR) is 149 cm³/mol. The monoisotopic (exact) mass is 536 g/mol. The molecule has 1 N–H and O–H groups in total. The zero-order valence-electron chi connectivity index (χ0n) is 22.8. The van der Waals surface area contributed by atoms with Crippen molar-refractivity contribution in [1.82, 2.24) is 0 Å². The Labute approximate surface area is 229 Å². The number of carbonyl (C=O) groups excluding carboxylic acids is 2. The van der Waals surface area contributed by atoms with Crippen LogP contribution in [-0.4, -0.2) is 44.5 Å². The molecule has 8 nitrogen and oxygen atoms in total. The third-order valence-corrected chi connectivity index (χ3v) is 5.29. The Morgan fingerprint density at radius 2 is 1.51 bits per heavy atom. The van der Waals surface area contributed by atoms with Gasteiger partial charge in [-0.3, -0.25) is 4.79 Å². The van der Waals surface area contributed by atoms with Crippen molar-refractivity contribution < 1.29 is 38.4 Å². The molecule has 208 valence electrons. The molecule has 0 fully saturated rings. The largest absolute Gasteiger partial charge is 0.504 e. The van der Waals surface area contributed by atoms with Gasteiger partial charge in [-0.2, -0.15) is 0 Å². The van der Waals surface area contributed by atoms with Crippen molar-refractivity contribution in [1.29, 1.82) is 0 Å². The number of phenolic OH excluding ortho intramolecular Hbond substituents is 1. The number of aryl methyl sites for hydroxylation is 1. The summed E-state index contributed by atoms with van der Waals surface area (Å²) in [7, 11) is 3.08. The highest BCUT2D eigenvalue weighted by atomic mass is 16.5. The van der Waals surface area contributed by atoms with Gasteiger partial charge in [0.15, 0.2) is 23.0 Å². The van der Waals surface area contributed by atoms with Crippen LogP contribution in [0.15, 0.2) is 72.8 Å². The zero-order chi connectivity index (χ0) is 28.5. The van der Waals surface area contributed by atoms with Crippen LogP contribution in [0.4, 0.5) is 0 Å². The second kappa shape index (κ2) is 17.1. The maximum atomic E-state index is 11.3. The van der Waals surface area contributed by atoms with Gasteiger partial charge < -0.3 is 28.8 Å². The van der Waals surface area contributed by atoms with Crippen LogP contribution in [0.2, 0.25) is 0 Å². The van der Waals surface area contributed by atoms with Crippen molar-refractivity contribution in [3.63, 3.8) is 0 Å². The van der Waals surface area contributed by atoms with E-state index in [0.717, 1.165) is 16.7 Å². The summed E-state index contributed by atoms with van der Waals surface area (Å²) in [4.78, 5) is 22.5. The molecule has 0 saturated carbocycles. The summed E-state index contributed by atoms with van der Waals surface area (Å²) >= 11 is 0. The van der Waals surface area contributed by atoms with Crippen LogP contribution in [0.5, 0.6) is 23.0 Å². The van der Waals surface area contributed by atoms with E-state index in [1.165, 1.54) is 13.2 Å². The van der Waals surface area contributed by atoms with Gasteiger partial charge in [0.05, 0.1) is 27.4 Å². The van der Waals surface area contributed by atoms with Gasteiger partial charge in [-0.15, -0.1) is 0 Å². The first-order valence-electron chi connectivity index (χ1n) is 12.6. The lowest BCUT2D eigenvalue weighted by molar-refractivity contribution is -0.143. The van der Waals surface area contributed by atoms with Gasteiger partial charge in [-0.25, -0.2) is 4.79 Å². The maximum Gasteiger partial charge on any atom is 0.330 e. The Morgan fingerprint density at radius 1 is 0.795 bits per heavy atom. The average molecular weight is 537 g/mol.